The highest BCUT2D eigenvalue weighted by Gasteiger charge is 2.15. The number of allylic oxidation sites excluding steroid dienone is 1. The zero-order chi connectivity index (χ0) is 10.9. The lowest BCUT2D eigenvalue weighted by Gasteiger charge is -2.28. The summed E-state index contributed by atoms with van der Waals surface area (Å²) in [5, 5.41) is 3.42. The molecule has 0 aromatic heterocycles. The summed E-state index contributed by atoms with van der Waals surface area (Å²) in [5.41, 5.74) is 0. The zero-order valence-corrected chi connectivity index (χ0v) is 10.5. The molecular weight excluding hydrogens is 208 g/mol. The average Bonchev–Trinajstić information content (AvgIpc) is 2.26. The summed E-state index contributed by atoms with van der Waals surface area (Å²) in [6.07, 6.45) is 8.15. The van der Waals surface area contributed by atoms with Crippen molar-refractivity contribution in [2.75, 3.05) is 39.1 Å². The topological polar surface area (TPSA) is 15.3 Å². The number of hydrogen-bond donors (Lipinski definition) is 1. The first kappa shape index (κ1) is 13.0. The van der Waals surface area contributed by atoms with Crippen LogP contribution in [0.3, 0.4) is 0 Å². The molecule has 0 atom stereocenters. The van der Waals surface area contributed by atoms with Gasteiger partial charge in [0.2, 0.25) is 0 Å². The Kier molecular flexibility index (Phi) is 7.07. The van der Waals surface area contributed by atoms with E-state index in [0.717, 1.165) is 19.0 Å². The fourth-order valence-corrected chi connectivity index (χ4v) is 2.11. The minimum Gasteiger partial charge on any atom is -0.313 e. The molecular formula is C12H23ClN2. The van der Waals surface area contributed by atoms with Gasteiger partial charge in [0.1, 0.15) is 0 Å². The van der Waals surface area contributed by atoms with Gasteiger partial charge in [0.25, 0.3) is 0 Å². The largest absolute Gasteiger partial charge is 0.313 e. The van der Waals surface area contributed by atoms with E-state index in [1.54, 1.807) is 0 Å². The maximum atomic E-state index is 5.53. The van der Waals surface area contributed by atoms with Gasteiger partial charge in [-0.25, -0.2) is 0 Å². The van der Waals surface area contributed by atoms with Crippen LogP contribution < -0.4 is 5.32 Å². The van der Waals surface area contributed by atoms with Crippen LogP contribution in [0, 0.1) is 5.92 Å². The molecule has 0 bridgehead atoms. The molecule has 0 amide bonds. The quantitative estimate of drug-likeness (QED) is 0.427. The molecule has 0 radical (unpaired) electrons. The second kappa shape index (κ2) is 8.14. The van der Waals surface area contributed by atoms with Crippen molar-refractivity contribution in [2.24, 2.45) is 5.92 Å². The Morgan fingerprint density at radius 3 is 2.73 bits per heavy atom. The maximum absolute atomic E-state index is 5.53. The molecule has 88 valence electrons. The summed E-state index contributed by atoms with van der Waals surface area (Å²) in [5.74, 6) is 1.56. The van der Waals surface area contributed by atoms with Gasteiger partial charge in [0.05, 0.1) is 0 Å². The number of likely N-dealkylation sites (tertiary alicyclic amines) is 1. The summed E-state index contributed by atoms with van der Waals surface area (Å²) in [4.78, 5) is 2.42. The molecule has 1 heterocycles. The van der Waals surface area contributed by atoms with Crippen molar-refractivity contribution in [1.29, 1.82) is 0 Å². The summed E-state index contributed by atoms with van der Waals surface area (Å²) >= 11 is 5.53. The Morgan fingerprint density at radius 2 is 2.07 bits per heavy atom. The number of hydrogen-bond acceptors (Lipinski definition) is 2. The van der Waals surface area contributed by atoms with Gasteiger partial charge in [-0.2, -0.15) is 0 Å². The second-order valence-electron chi connectivity index (χ2n) is 4.37. The van der Waals surface area contributed by atoms with Crippen LogP contribution >= 0.6 is 11.6 Å². The van der Waals surface area contributed by atoms with E-state index in [9.17, 15) is 0 Å². The molecule has 3 heteroatoms. The fourth-order valence-electron chi connectivity index (χ4n) is 1.99. The first-order valence-corrected chi connectivity index (χ1v) is 6.46. The molecule has 0 aliphatic carbocycles. The van der Waals surface area contributed by atoms with E-state index in [0.29, 0.717) is 5.88 Å². The highest BCUT2D eigenvalue weighted by atomic mass is 35.5. The molecule has 1 saturated heterocycles. The first-order valence-electron chi connectivity index (χ1n) is 5.93. The van der Waals surface area contributed by atoms with Crippen LogP contribution in [0.4, 0.5) is 0 Å². The Bertz CT molecular complexity index is 174. The van der Waals surface area contributed by atoms with E-state index in [1.165, 1.54) is 32.4 Å². The third kappa shape index (κ3) is 6.18. The van der Waals surface area contributed by atoms with Crippen molar-refractivity contribution >= 4 is 11.6 Å². The molecule has 0 aromatic rings. The Morgan fingerprint density at radius 1 is 1.33 bits per heavy atom. The van der Waals surface area contributed by atoms with Crippen LogP contribution in [0.1, 0.15) is 19.3 Å². The van der Waals surface area contributed by atoms with Crippen molar-refractivity contribution in [1.82, 2.24) is 10.2 Å². The van der Waals surface area contributed by atoms with Gasteiger partial charge in [-0.15, -0.1) is 11.6 Å². The number of piperidine rings is 1. The lowest BCUT2D eigenvalue weighted by molar-refractivity contribution is 0.212. The molecule has 1 N–H and O–H groups in total. The predicted molar refractivity (Wildman–Crippen MR) is 67.6 cm³/mol. The number of nitrogens with zero attached hydrogens (tertiary/aromatic N) is 1. The Hall–Kier alpha value is -0.0500. The third-order valence-electron chi connectivity index (χ3n) is 3.09. The van der Waals surface area contributed by atoms with E-state index in [2.05, 4.69) is 23.3 Å². The minimum absolute atomic E-state index is 0.622. The number of alkyl halides is 1. The highest BCUT2D eigenvalue weighted by molar-refractivity contribution is 6.18. The fraction of sp³-hybridized carbons (Fsp3) is 0.833. The van der Waals surface area contributed by atoms with Crippen LogP contribution in [0.5, 0.6) is 0 Å². The first-order chi connectivity index (χ1) is 7.33. The molecule has 0 spiro atoms. The van der Waals surface area contributed by atoms with E-state index in [1.807, 2.05) is 6.08 Å². The van der Waals surface area contributed by atoms with Gasteiger partial charge in [-0.1, -0.05) is 12.2 Å². The monoisotopic (exact) mass is 230 g/mol. The minimum atomic E-state index is 0.622. The molecule has 1 aliphatic rings. The van der Waals surface area contributed by atoms with Gasteiger partial charge in [0, 0.05) is 12.4 Å². The van der Waals surface area contributed by atoms with Crippen molar-refractivity contribution in [3.63, 3.8) is 0 Å². The average molecular weight is 231 g/mol. The molecule has 2 nitrogen and oxygen atoms in total. The number of rotatable bonds is 6. The summed E-state index contributed by atoms with van der Waals surface area (Å²) in [7, 11) is 2.21. The van der Waals surface area contributed by atoms with E-state index >= 15 is 0 Å². The molecule has 0 saturated carbocycles. The molecule has 1 aliphatic heterocycles. The van der Waals surface area contributed by atoms with Crippen LogP contribution in [0.15, 0.2) is 12.2 Å². The summed E-state index contributed by atoms with van der Waals surface area (Å²) < 4.78 is 0. The van der Waals surface area contributed by atoms with Gasteiger partial charge < -0.3 is 10.2 Å². The van der Waals surface area contributed by atoms with Gasteiger partial charge >= 0.3 is 0 Å². The van der Waals surface area contributed by atoms with Crippen LogP contribution in [0.2, 0.25) is 0 Å². The number of nitrogens with one attached hydrogen (secondary N) is 1. The van der Waals surface area contributed by atoms with Gasteiger partial charge in [-0.3, -0.25) is 0 Å². The molecule has 0 aromatic carbocycles. The smallest absolute Gasteiger partial charge is 0.0404 e. The molecule has 1 fully saturated rings. The molecule has 1 rings (SSSR count). The Balaban J connectivity index is 1.94. The normalized spacial score (nSPS) is 20.1. The second-order valence-corrected chi connectivity index (χ2v) is 4.67. The van der Waals surface area contributed by atoms with Gasteiger partial charge in [-0.05, 0) is 51.9 Å². The van der Waals surface area contributed by atoms with Crippen LogP contribution in [-0.2, 0) is 0 Å². The van der Waals surface area contributed by atoms with Crippen molar-refractivity contribution in [2.45, 2.75) is 19.3 Å². The van der Waals surface area contributed by atoms with E-state index in [-0.39, 0.29) is 0 Å². The van der Waals surface area contributed by atoms with Crippen molar-refractivity contribution < 1.29 is 0 Å². The predicted octanol–water partition coefficient (Wildman–Crippen LogP) is 2.10. The molecule has 0 unspecified atom stereocenters. The lowest BCUT2D eigenvalue weighted by Crippen LogP contribution is -2.31. The SMILES string of the molecule is CN1CCC(CCNC/C=C/CCl)CC1. The third-order valence-corrected chi connectivity index (χ3v) is 3.26. The maximum Gasteiger partial charge on any atom is 0.0404 e. The lowest BCUT2D eigenvalue weighted by atomic mass is 9.94. The zero-order valence-electron chi connectivity index (χ0n) is 9.71. The van der Waals surface area contributed by atoms with Crippen molar-refractivity contribution in [3.8, 4) is 0 Å². The summed E-state index contributed by atoms with van der Waals surface area (Å²) in [6, 6.07) is 0. The van der Waals surface area contributed by atoms with Crippen LogP contribution in [0.25, 0.3) is 0 Å². The molecule has 15 heavy (non-hydrogen) atoms. The van der Waals surface area contributed by atoms with Crippen LogP contribution in [-0.4, -0.2) is 44.0 Å². The van der Waals surface area contributed by atoms with Crippen molar-refractivity contribution in [3.05, 3.63) is 12.2 Å². The highest BCUT2D eigenvalue weighted by Crippen LogP contribution is 2.18. The summed E-state index contributed by atoms with van der Waals surface area (Å²) in [6.45, 7) is 4.65. The Labute approximate surface area is 98.7 Å². The number of halogens is 1. The van der Waals surface area contributed by atoms with E-state index in [4.69, 9.17) is 11.6 Å². The van der Waals surface area contributed by atoms with Gasteiger partial charge in [0.15, 0.2) is 0 Å². The van der Waals surface area contributed by atoms with E-state index < -0.39 is 0 Å². The standard InChI is InChI=1S/C12H23ClN2/c1-15-10-5-12(6-11-15)4-9-14-8-3-2-7-13/h2-3,12,14H,4-11H2,1H3/b3-2+.